The van der Waals surface area contributed by atoms with Crippen molar-refractivity contribution in [3.8, 4) is 0 Å². The van der Waals surface area contributed by atoms with Crippen molar-refractivity contribution >= 4 is 22.6 Å². The summed E-state index contributed by atoms with van der Waals surface area (Å²) in [5, 5.41) is 3.30. The lowest BCUT2D eigenvalue weighted by atomic mass is 10.2. The molecule has 1 amide bonds. The molecule has 2 aromatic carbocycles. The van der Waals surface area contributed by atoms with Crippen molar-refractivity contribution < 1.29 is 9.21 Å². The molecule has 5 nitrogen and oxygen atoms in total. The first-order valence-electron chi connectivity index (χ1n) is 8.80. The summed E-state index contributed by atoms with van der Waals surface area (Å²) in [7, 11) is 0. The van der Waals surface area contributed by atoms with Gasteiger partial charge in [0.2, 0.25) is 0 Å². The van der Waals surface area contributed by atoms with Crippen LogP contribution in [0.1, 0.15) is 23.9 Å². The van der Waals surface area contributed by atoms with Gasteiger partial charge in [0.15, 0.2) is 11.2 Å². The van der Waals surface area contributed by atoms with Gasteiger partial charge in [-0.25, -0.2) is 0 Å². The molecule has 0 saturated carbocycles. The average molecular weight is 350 g/mol. The van der Waals surface area contributed by atoms with Gasteiger partial charge in [0, 0.05) is 31.4 Å². The Morgan fingerprint density at radius 3 is 2.58 bits per heavy atom. The van der Waals surface area contributed by atoms with Crippen LogP contribution in [-0.4, -0.2) is 25.5 Å². The Kier molecular flexibility index (Phi) is 5.69. The Bertz CT molecular complexity index is 935. The Labute approximate surface area is 152 Å². The summed E-state index contributed by atoms with van der Waals surface area (Å²) in [4.78, 5) is 26.6. The van der Waals surface area contributed by atoms with E-state index in [0.29, 0.717) is 17.5 Å². The molecular formula is C21H22N2O3. The van der Waals surface area contributed by atoms with E-state index in [9.17, 15) is 9.59 Å². The zero-order chi connectivity index (χ0) is 18.4. The van der Waals surface area contributed by atoms with Gasteiger partial charge in [-0.15, -0.1) is 0 Å². The first-order valence-corrected chi connectivity index (χ1v) is 8.80. The van der Waals surface area contributed by atoms with Crippen molar-refractivity contribution in [2.45, 2.75) is 13.3 Å². The minimum absolute atomic E-state index is 0.0455. The Balaban J connectivity index is 1.57. The summed E-state index contributed by atoms with van der Waals surface area (Å²) >= 11 is 0. The number of amides is 1. The Hall–Kier alpha value is -3.08. The van der Waals surface area contributed by atoms with E-state index in [0.717, 1.165) is 19.5 Å². The molecule has 134 valence electrons. The molecule has 0 aliphatic heterocycles. The van der Waals surface area contributed by atoms with Crippen LogP contribution in [0.4, 0.5) is 5.69 Å². The zero-order valence-corrected chi connectivity index (χ0v) is 14.8. The summed E-state index contributed by atoms with van der Waals surface area (Å²) in [6, 6.07) is 18.3. The lowest BCUT2D eigenvalue weighted by Crippen LogP contribution is -2.30. The largest absolute Gasteiger partial charge is 0.451 e. The van der Waals surface area contributed by atoms with E-state index in [1.54, 1.807) is 24.3 Å². The predicted octanol–water partition coefficient (Wildman–Crippen LogP) is 3.44. The van der Waals surface area contributed by atoms with Crippen molar-refractivity contribution in [3.05, 3.63) is 76.6 Å². The smallest absolute Gasteiger partial charge is 0.287 e. The normalized spacial score (nSPS) is 10.7. The van der Waals surface area contributed by atoms with Gasteiger partial charge in [-0.1, -0.05) is 30.3 Å². The third kappa shape index (κ3) is 4.11. The first-order chi connectivity index (χ1) is 12.7. The van der Waals surface area contributed by atoms with Gasteiger partial charge in [-0.2, -0.15) is 0 Å². The molecule has 5 heteroatoms. The number of hydrogen-bond acceptors (Lipinski definition) is 4. The predicted molar refractivity (Wildman–Crippen MR) is 104 cm³/mol. The van der Waals surface area contributed by atoms with Crippen LogP contribution < -0.4 is 15.6 Å². The highest BCUT2D eigenvalue weighted by Gasteiger charge is 2.12. The summed E-state index contributed by atoms with van der Waals surface area (Å²) in [5.41, 5.74) is 1.38. The van der Waals surface area contributed by atoms with Gasteiger partial charge < -0.3 is 14.6 Å². The molecule has 0 unspecified atom stereocenters. The molecule has 3 rings (SSSR count). The van der Waals surface area contributed by atoms with E-state index in [4.69, 9.17) is 4.42 Å². The van der Waals surface area contributed by atoms with Crippen LogP contribution >= 0.6 is 0 Å². The van der Waals surface area contributed by atoms with E-state index in [1.807, 2.05) is 18.2 Å². The lowest BCUT2D eigenvalue weighted by molar-refractivity contribution is 0.0926. The summed E-state index contributed by atoms with van der Waals surface area (Å²) in [6.07, 6.45) is 0.798. The summed E-state index contributed by atoms with van der Waals surface area (Å²) < 4.78 is 5.55. The Morgan fingerprint density at radius 1 is 1.08 bits per heavy atom. The van der Waals surface area contributed by atoms with Crippen LogP contribution in [0.2, 0.25) is 0 Å². The fourth-order valence-corrected chi connectivity index (χ4v) is 2.88. The first kappa shape index (κ1) is 17.7. The van der Waals surface area contributed by atoms with Gasteiger partial charge in [-0.3, -0.25) is 9.59 Å². The van der Waals surface area contributed by atoms with Crippen molar-refractivity contribution in [2.75, 3.05) is 24.5 Å². The molecule has 26 heavy (non-hydrogen) atoms. The van der Waals surface area contributed by atoms with Gasteiger partial charge in [-0.05, 0) is 37.6 Å². The molecule has 3 aromatic rings. The van der Waals surface area contributed by atoms with E-state index < -0.39 is 0 Å². The second kappa shape index (κ2) is 8.34. The standard InChI is InChI=1S/C21H22N2O3/c1-2-23(16-9-4-3-5-10-16)14-8-13-22-21(25)20-15-18(24)17-11-6-7-12-19(17)26-20/h3-7,9-12,15H,2,8,13-14H2,1H3,(H,22,25). The average Bonchev–Trinajstić information content (AvgIpc) is 2.68. The second-order valence-corrected chi connectivity index (χ2v) is 6.00. The SMILES string of the molecule is CCN(CCCNC(=O)c1cc(=O)c2ccccc2o1)c1ccccc1. The van der Waals surface area contributed by atoms with Crippen molar-refractivity contribution in [1.29, 1.82) is 0 Å². The minimum Gasteiger partial charge on any atom is -0.451 e. The van der Waals surface area contributed by atoms with Crippen LogP contribution in [0.5, 0.6) is 0 Å². The van der Waals surface area contributed by atoms with Gasteiger partial charge in [0.05, 0.1) is 5.39 Å². The summed E-state index contributed by atoms with van der Waals surface area (Å²) in [6.45, 7) is 4.36. The van der Waals surface area contributed by atoms with E-state index in [-0.39, 0.29) is 17.1 Å². The number of hydrogen-bond donors (Lipinski definition) is 1. The van der Waals surface area contributed by atoms with Crippen molar-refractivity contribution in [3.63, 3.8) is 0 Å². The molecule has 0 aliphatic rings. The molecule has 0 bridgehead atoms. The molecule has 0 saturated heterocycles. The van der Waals surface area contributed by atoms with Crippen molar-refractivity contribution in [2.24, 2.45) is 0 Å². The number of carbonyl (C=O) groups is 1. The second-order valence-electron chi connectivity index (χ2n) is 6.00. The maximum Gasteiger partial charge on any atom is 0.287 e. The highest BCUT2D eigenvalue weighted by molar-refractivity contribution is 5.93. The van der Waals surface area contributed by atoms with E-state index >= 15 is 0 Å². The quantitative estimate of drug-likeness (QED) is 0.663. The lowest BCUT2D eigenvalue weighted by Gasteiger charge is -2.23. The highest BCUT2D eigenvalue weighted by atomic mass is 16.3. The third-order valence-corrected chi connectivity index (χ3v) is 4.25. The number of nitrogens with one attached hydrogen (secondary N) is 1. The Morgan fingerprint density at radius 2 is 1.81 bits per heavy atom. The number of rotatable bonds is 7. The monoisotopic (exact) mass is 350 g/mol. The molecule has 1 heterocycles. The fraction of sp³-hybridized carbons (Fsp3) is 0.238. The number of anilines is 1. The number of para-hydroxylation sites is 2. The maximum absolute atomic E-state index is 12.3. The third-order valence-electron chi connectivity index (χ3n) is 4.25. The molecule has 1 aromatic heterocycles. The summed E-state index contributed by atoms with van der Waals surface area (Å²) in [5.74, 6) is -0.320. The number of nitrogens with zero attached hydrogens (tertiary/aromatic N) is 1. The van der Waals surface area contributed by atoms with Crippen LogP contribution in [-0.2, 0) is 0 Å². The molecule has 0 radical (unpaired) electrons. The van der Waals surface area contributed by atoms with Gasteiger partial charge >= 0.3 is 0 Å². The van der Waals surface area contributed by atoms with Gasteiger partial charge in [0.1, 0.15) is 5.58 Å². The zero-order valence-electron chi connectivity index (χ0n) is 14.8. The van der Waals surface area contributed by atoms with Crippen LogP contribution in [0.3, 0.4) is 0 Å². The van der Waals surface area contributed by atoms with Crippen LogP contribution in [0.15, 0.2) is 69.9 Å². The van der Waals surface area contributed by atoms with E-state index in [1.165, 1.54) is 11.8 Å². The molecule has 1 N–H and O–H groups in total. The van der Waals surface area contributed by atoms with E-state index in [2.05, 4.69) is 29.3 Å². The molecule has 0 aliphatic carbocycles. The number of benzene rings is 2. The highest BCUT2D eigenvalue weighted by Crippen LogP contribution is 2.13. The van der Waals surface area contributed by atoms with Gasteiger partial charge in [0.25, 0.3) is 5.91 Å². The molecule has 0 spiro atoms. The maximum atomic E-state index is 12.3. The molecular weight excluding hydrogens is 328 g/mol. The van der Waals surface area contributed by atoms with Crippen LogP contribution in [0, 0.1) is 0 Å². The number of carbonyl (C=O) groups excluding carboxylic acids is 1. The van der Waals surface area contributed by atoms with Crippen LogP contribution in [0.25, 0.3) is 11.0 Å². The number of fused-ring (bicyclic) bond motifs is 1. The minimum atomic E-state index is -0.365. The topological polar surface area (TPSA) is 62.6 Å². The van der Waals surface area contributed by atoms with Crippen molar-refractivity contribution in [1.82, 2.24) is 5.32 Å². The molecule has 0 fully saturated rings. The molecule has 0 atom stereocenters. The fourth-order valence-electron chi connectivity index (χ4n) is 2.88.